The summed E-state index contributed by atoms with van der Waals surface area (Å²) in [6.07, 6.45) is 6.60. The van der Waals surface area contributed by atoms with Crippen LogP contribution in [0.4, 0.5) is 0 Å². The molecule has 1 saturated heterocycles. The highest BCUT2D eigenvalue weighted by molar-refractivity contribution is 5.92. The Hall–Kier alpha value is -1.49. The lowest BCUT2D eigenvalue weighted by atomic mass is 9.93. The quantitative estimate of drug-likeness (QED) is 0.887. The van der Waals surface area contributed by atoms with Crippen LogP contribution in [0, 0.1) is 12.8 Å². The number of amides is 1. The summed E-state index contributed by atoms with van der Waals surface area (Å²) in [7, 11) is 1.98. The van der Waals surface area contributed by atoms with Crippen molar-refractivity contribution in [2.75, 3.05) is 26.7 Å². The summed E-state index contributed by atoms with van der Waals surface area (Å²) in [5.41, 5.74) is 1.29. The first kappa shape index (κ1) is 13.9. The van der Waals surface area contributed by atoms with Gasteiger partial charge in [-0.2, -0.15) is 0 Å². The molecule has 0 aliphatic carbocycles. The predicted molar refractivity (Wildman–Crippen MR) is 73.9 cm³/mol. The molecule has 0 radical (unpaired) electrons. The van der Waals surface area contributed by atoms with Crippen molar-refractivity contribution in [2.24, 2.45) is 5.92 Å². The van der Waals surface area contributed by atoms with Crippen LogP contribution in [0.1, 0.15) is 35.4 Å². The summed E-state index contributed by atoms with van der Waals surface area (Å²) in [6, 6.07) is 0. The zero-order valence-electron chi connectivity index (χ0n) is 11.7. The van der Waals surface area contributed by atoms with E-state index in [-0.39, 0.29) is 5.91 Å². The summed E-state index contributed by atoms with van der Waals surface area (Å²) in [4.78, 5) is 22.4. The molecule has 2 rings (SSSR count). The fraction of sp³-hybridized carbons (Fsp3) is 0.643. The van der Waals surface area contributed by atoms with Crippen LogP contribution in [0.25, 0.3) is 0 Å². The molecule has 104 valence electrons. The lowest BCUT2D eigenvalue weighted by Gasteiger charge is -2.31. The lowest BCUT2D eigenvalue weighted by Crippen LogP contribution is -2.39. The number of aromatic nitrogens is 2. The van der Waals surface area contributed by atoms with Gasteiger partial charge in [0.15, 0.2) is 0 Å². The van der Waals surface area contributed by atoms with Crippen LogP contribution in [0.3, 0.4) is 0 Å². The van der Waals surface area contributed by atoms with E-state index in [0.717, 1.165) is 44.1 Å². The molecule has 0 aromatic carbocycles. The average Bonchev–Trinajstić information content (AvgIpc) is 2.46. The van der Waals surface area contributed by atoms with Crippen LogP contribution in [0.2, 0.25) is 0 Å². The molecular formula is C14H22N4O. The molecule has 0 saturated carbocycles. The van der Waals surface area contributed by atoms with Gasteiger partial charge in [0.05, 0.1) is 11.9 Å². The number of hydrogen-bond donors (Lipinski definition) is 1. The van der Waals surface area contributed by atoms with E-state index in [0.29, 0.717) is 5.69 Å². The van der Waals surface area contributed by atoms with Crippen LogP contribution in [-0.4, -0.2) is 47.5 Å². The Morgan fingerprint density at radius 1 is 1.37 bits per heavy atom. The summed E-state index contributed by atoms with van der Waals surface area (Å²) in [5, 5.41) is 3.18. The van der Waals surface area contributed by atoms with Crippen LogP contribution in [0.15, 0.2) is 12.4 Å². The van der Waals surface area contributed by atoms with Gasteiger partial charge in [0.25, 0.3) is 5.91 Å². The Morgan fingerprint density at radius 3 is 2.68 bits per heavy atom. The largest absolute Gasteiger partial charge is 0.337 e. The van der Waals surface area contributed by atoms with Crippen molar-refractivity contribution >= 4 is 5.91 Å². The van der Waals surface area contributed by atoms with Gasteiger partial charge in [-0.05, 0) is 45.7 Å². The molecule has 19 heavy (non-hydrogen) atoms. The third-order valence-corrected chi connectivity index (χ3v) is 3.70. The summed E-state index contributed by atoms with van der Waals surface area (Å²) in [5.74, 6) is 0.750. The van der Waals surface area contributed by atoms with Crippen LogP contribution in [0.5, 0.6) is 0 Å². The van der Waals surface area contributed by atoms with Crippen molar-refractivity contribution in [2.45, 2.75) is 26.2 Å². The first-order chi connectivity index (χ1) is 9.20. The van der Waals surface area contributed by atoms with Gasteiger partial charge in [-0.15, -0.1) is 0 Å². The van der Waals surface area contributed by atoms with E-state index < -0.39 is 0 Å². The molecular weight excluding hydrogens is 240 g/mol. The Labute approximate surface area is 114 Å². The molecule has 0 spiro atoms. The number of hydrogen-bond acceptors (Lipinski definition) is 4. The van der Waals surface area contributed by atoms with Gasteiger partial charge < -0.3 is 10.2 Å². The first-order valence-corrected chi connectivity index (χ1v) is 6.93. The van der Waals surface area contributed by atoms with Gasteiger partial charge in [-0.25, -0.2) is 4.98 Å². The van der Waals surface area contributed by atoms with Gasteiger partial charge in [0.2, 0.25) is 0 Å². The van der Waals surface area contributed by atoms with E-state index >= 15 is 0 Å². The number of aryl methyl sites for hydroxylation is 1. The zero-order valence-corrected chi connectivity index (χ0v) is 11.7. The smallest absolute Gasteiger partial charge is 0.274 e. The maximum absolute atomic E-state index is 12.2. The summed E-state index contributed by atoms with van der Waals surface area (Å²) < 4.78 is 0. The second-order valence-electron chi connectivity index (χ2n) is 5.17. The maximum atomic E-state index is 12.2. The zero-order chi connectivity index (χ0) is 13.7. The standard InChI is InChI=1S/C14H22N4O/c1-11-9-17-13(10-16-11)14(19)18-7-4-12(5-8-18)3-6-15-2/h9-10,12,15H,3-8H2,1-2H3. The van der Waals surface area contributed by atoms with Crippen molar-refractivity contribution in [3.63, 3.8) is 0 Å². The van der Waals surface area contributed by atoms with E-state index in [1.165, 1.54) is 6.42 Å². The van der Waals surface area contributed by atoms with Crippen molar-refractivity contribution < 1.29 is 4.79 Å². The molecule has 5 heteroatoms. The summed E-state index contributed by atoms with van der Waals surface area (Å²) >= 11 is 0. The Kier molecular flexibility index (Phi) is 4.85. The maximum Gasteiger partial charge on any atom is 0.274 e. The van der Waals surface area contributed by atoms with E-state index in [2.05, 4.69) is 15.3 Å². The van der Waals surface area contributed by atoms with Crippen molar-refractivity contribution in [3.8, 4) is 0 Å². The highest BCUT2D eigenvalue weighted by atomic mass is 16.2. The molecule has 1 amide bonds. The van der Waals surface area contributed by atoms with Crippen LogP contribution >= 0.6 is 0 Å². The molecule has 1 N–H and O–H groups in total. The van der Waals surface area contributed by atoms with Crippen molar-refractivity contribution in [1.82, 2.24) is 20.2 Å². The molecule has 0 atom stereocenters. The Balaban J connectivity index is 1.87. The van der Waals surface area contributed by atoms with Crippen LogP contribution < -0.4 is 5.32 Å². The number of carbonyl (C=O) groups is 1. The molecule has 1 aliphatic rings. The fourth-order valence-corrected chi connectivity index (χ4v) is 2.44. The minimum absolute atomic E-state index is 0.0135. The van der Waals surface area contributed by atoms with Crippen LogP contribution in [-0.2, 0) is 0 Å². The number of nitrogens with zero attached hydrogens (tertiary/aromatic N) is 3. The third kappa shape index (κ3) is 3.73. The van der Waals surface area contributed by atoms with Gasteiger partial charge >= 0.3 is 0 Å². The molecule has 5 nitrogen and oxygen atoms in total. The number of piperidine rings is 1. The molecule has 1 aliphatic heterocycles. The van der Waals surface area contributed by atoms with Gasteiger partial charge in [0, 0.05) is 19.3 Å². The normalized spacial score (nSPS) is 16.6. The van der Waals surface area contributed by atoms with E-state index in [4.69, 9.17) is 0 Å². The Bertz CT molecular complexity index is 410. The van der Waals surface area contributed by atoms with E-state index in [9.17, 15) is 4.79 Å². The van der Waals surface area contributed by atoms with Crippen molar-refractivity contribution in [3.05, 3.63) is 23.8 Å². The molecule has 1 aromatic rings. The fourth-order valence-electron chi connectivity index (χ4n) is 2.44. The lowest BCUT2D eigenvalue weighted by molar-refractivity contribution is 0.0680. The topological polar surface area (TPSA) is 58.1 Å². The molecule has 1 aromatic heterocycles. The Morgan fingerprint density at radius 2 is 2.11 bits per heavy atom. The number of rotatable bonds is 4. The van der Waals surface area contributed by atoms with Gasteiger partial charge in [0.1, 0.15) is 5.69 Å². The molecule has 0 unspecified atom stereocenters. The number of carbonyl (C=O) groups excluding carboxylic acids is 1. The highest BCUT2D eigenvalue weighted by Gasteiger charge is 2.24. The second-order valence-corrected chi connectivity index (χ2v) is 5.17. The number of likely N-dealkylation sites (tertiary alicyclic amines) is 1. The molecule has 0 bridgehead atoms. The van der Waals surface area contributed by atoms with Gasteiger partial charge in [-0.1, -0.05) is 0 Å². The minimum Gasteiger partial charge on any atom is -0.337 e. The number of nitrogens with one attached hydrogen (secondary N) is 1. The van der Waals surface area contributed by atoms with Crippen molar-refractivity contribution in [1.29, 1.82) is 0 Å². The van der Waals surface area contributed by atoms with E-state index in [1.54, 1.807) is 12.4 Å². The molecule has 2 heterocycles. The summed E-state index contributed by atoms with van der Waals surface area (Å²) in [6.45, 7) is 4.60. The highest BCUT2D eigenvalue weighted by Crippen LogP contribution is 2.20. The first-order valence-electron chi connectivity index (χ1n) is 6.93. The third-order valence-electron chi connectivity index (χ3n) is 3.70. The minimum atomic E-state index is 0.0135. The van der Waals surface area contributed by atoms with E-state index in [1.807, 2.05) is 18.9 Å². The monoisotopic (exact) mass is 262 g/mol. The average molecular weight is 262 g/mol. The SMILES string of the molecule is CNCCC1CCN(C(=O)c2cnc(C)cn2)CC1. The predicted octanol–water partition coefficient (Wildman–Crippen LogP) is 1.25. The second kappa shape index (κ2) is 6.61. The molecule has 1 fully saturated rings. The van der Waals surface area contributed by atoms with Gasteiger partial charge in [-0.3, -0.25) is 9.78 Å².